The molecule has 0 spiro atoms. The topological polar surface area (TPSA) is 78.7 Å². The first-order valence-electron chi connectivity index (χ1n) is 8.77. The Morgan fingerprint density at radius 3 is 2.42 bits per heavy atom. The van der Waals surface area contributed by atoms with Gasteiger partial charge in [-0.15, -0.1) is 12.4 Å². The molecule has 164 valence electrons. The number of nitrogens with two attached hydrogens (primary N) is 1. The van der Waals surface area contributed by atoms with Gasteiger partial charge in [0, 0.05) is 6.54 Å². The minimum absolute atomic E-state index is 0. The first kappa shape index (κ1) is 24.0. The fourth-order valence-electron chi connectivity index (χ4n) is 2.57. The van der Waals surface area contributed by atoms with Crippen LogP contribution in [-0.4, -0.2) is 25.9 Å². The van der Waals surface area contributed by atoms with Gasteiger partial charge in [-0.3, -0.25) is 0 Å². The summed E-state index contributed by atoms with van der Waals surface area (Å²) in [5.41, 5.74) is 5.41. The highest BCUT2D eigenvalue weighted by atomic mass is 35.5. The number of benzene rings is 1. The average molecular weight is 456 g/mol. The van der Waals surface area contributed by atoms with Gasteiger partial charge in [0.1, 0.15) is 12.1 Å². The molecule has 2 heterocycles. The zero-order valence-corrected chi connectivity index (χ0v) is 16.8. The Balaban J connectivity index is 0.00000341. The lowest BCUT2D eigenvalue weighted by molar-refractivity contribution is -0.137. The monoisotopic (exact) mass is 455 g/mol. The van der Waals surface area contributed by atoms with E-state index in [4.69, 9.17) is 5.73 Å². The molecule has 6 nitrogen and oxygen atoms in total. The van der Waals surface area contributed by atoms with Crippen molar-refractivity contribution in [3.05, 3.63) is 88.0 Å². The normalized spacial score (nSPS) is 12.2. The van der Waals surface area contributed by atoms with Gasteiger partial charge in [-0.05, 0) is 41.5 Å². The quantitative estimate of drug-likeness (QED) is 0.573. The largest absolute Gasteiger partial charge is 0.416 e. The minimum atomic E-state index is -4.39. The zero-order chi connectivity index (χ0) is 21.7. The average Bonchev–Trinajstić information content (AvgIpc) is 3.10. The smallest absolute Gasteiger partial charge is 0.327 e. The molecule has 11 heteroatoms. The Kier molecular flexibility index (Phi) is 7.89. The van der Waals surface area contributed by atoms with E-state index in [0.717, 1.165) is 16.8 Å². The molecule has 0 aliphatic rings. The van der Waals surface area contributed by atoms with E-state index >= 15 is 0 Å². The lowest BCUT2D eigenvalue weighted by Gasteiger charge is -2.06. The van der Waals surface area contributed by atoms with Gasteiger partial charge in [0.25, 0.3) is 0 Å². The van der Waals surface area contributed by atoms with E-state index in [-0.39, 0.29) is 31.1 Å². The van der Waals surface area contributed by atoms with Crippen LogP contribution in [0.1, 0.15) is 16.8 Å². The molecule has 3 rings (SSSR count). The molecule has 0 saturated carbocycles. The SMILES string of the molecule is Cl.NC/C(=C\F)Cn1ncn(-c2cccc(/C=C/c3ccc(C(F)(F)F)cc3)n2)c1=O. The molecule has 0 aliphatic carbocycles. The van der Waals surface area contributed by atoms with Crippen LogP contribution in [0.25, 0.3) is 18.0 Å². The number of nitrogens with zero attached hydrogens (tertiary/aromatic N) is 4. The summed E-state index contributed by atoms with van der Waals surface area (Å²) in [5, 5.41) is 3.93. The molecule has 2 aromatic heterocycles. The molecule has 0 radical (unpaired) electrons. The summed E-state index contributed by atoms with van der Waals surface area (Å²) in [6.07, 6.45) is 0.440. The van der Waals surface area contributed by atoms with Gasteiger partial charge < -0.3 is 5.73 Å². The van der Waals surface area contributed by atoms with E-state index in [1.54, 1.807) is 30.4 Å². The summed E-state index contributed by atoms with van der Waals surface area (Å²) in [5.74, 6) is 0.291. The third-order valence-corrected chi connectivity index (χ3v) is 4.19. The van der Waals surface area contributed by atoms with Crippen molar-refractivity contribution < 1.29 is 17.6 Å². The molecule has 0 atom stereocenters. The second-order valence-electron chi connectivity index (χ2n) is 6.29. The highest BCUT2D eigenvalue weighted by Gasteiger charge is 2.29. The molecular formula is C20H18ClF4N5O. The van der Waals surface area contributed by atoms with Crippen LogP contribution in [0.4, 0.5) is 17.6 Å². The van der Waals surface area contributed by atoms with Gasteiger partial charge >= 0.3 is 11.9 Å². The predicted octanol–water partition coefficient (Wildman–Crippen LogP) is 3.85. The van der Waals surface area contributed by atoms with Crippen LogP contribution in [0.15, 0.2) is 65.5 Å². The zero-order valence-electron chi connectivity index (χ0n) is 16.0. The summed E-state index contributed by atoms with van der Waals surface area (Å²) < 4.78 is 52.8. The lowest BCUT2D eigenvalue weighted by Crippen LogP contribution is -2.26. The van der Waals surface area contributed by atoms with Crippen LogP contribution >= 0.6 is 12.4 Å². The van der Waals surface area contributed by atoms with E-state index in [0.29, 0.717) is 23.4 Å². The molecular weight excluding hydrogens is 438 g/mol. The maximum Gasteiger partial charge on any atom is 0.416 e. The second kappa shape index (κ2) is 10.2. The molecule has 0 fully saturated rings. The van der Waals surface area contributed by atoms with Crippen molar-refractivity contribution in [1.29, 1.82) is 0 Å². The van der Waals surface area contributed by atoms with Crippen LogP contribution in [0, 0.1) is 0 Å². The van der Waals surface area contributed by atoms with E-state index in [2.05, 4.69) is 10.1 Å². The summed E-state index contributed by atoms with van der Waals surface area (Å²) in [4.78, 5) is 16.8. The van der Waals surface area contributed by atoms with Gasteiger partial charge in [0.05, 0.1) is 24.1 Å². The molecule has 0 amide bonds. The maximum atomic E-state index is 12.7. The molecule has 31 heavy (non-hydrogen) atoms. The van der Waals surface area contributed by atoms with Gasteiger partial charge in [0.2, 0.25) is 0 Å². The fourth-order valence-corrected chi connectivity index (χ4v) is 2.57. The van der Waals surface area contributed by atoms with E-state index in [9.17, 15) is 22.4 Å². The van der Waals surface area contributed by atoms with E-state index in [1.807, 2.05) is 0 Å². The molecule has 0 bridgehead atoms. The second-order valence-corrected chi connectivity index (χ2v) is 6.29. The number of rotatable bonds is 6. The van der Waals surface area contributed by atoms with Gasteiger partial charge in [-0.25, -0.2) is 23.4 Å². The van der Waals surface area contributed by atoms with Crippen LogP contribution in [-0.2, 0) is 12.7 Å². The Morgan fingerprint density at radius 1 is 1.10 bits per heavy atom. The molecule has 1 aromatic carbocycles. The number of halogens is 5. The third kappa shape index (κ3) is 5.89. The molecule has 3 aromatic rings. The van der Waals surface area contributed by atoms with E-state index in [1.165, 1.54) is 23.0 Å². The van der Waals surface area contributed by atoms with Crippen LogP contribution in [0.5, 0.6) is 0 Å². The van der Waals surface area contributed by atoms with Crippen molar-refractivity contribution in [3.8, 4) is 5.82 Å². The number of aromatic nitrogens is 4. The number of alkyl halides is 3. The Morgan fingerprint density at radius 2 is 1.81 bits per heavy atom. The van der Waals surface area contributed by atoms with Crippen LogP contribution in [0.2, 0.25) is 0 Å². The van der Waals surface area contributed by atoms with Gasteiger partial charge in [-0.1, -0.05) is 24.3 Å². The summed E-state index contributed by atoms with van der Waals surface area (Å²) in [6.45, 7) is -0.120. The summed E-state index contributed by atoms with van der Waals surface area (Å²) in [7, 11) is 0. The number of pyridine rings is 1. The third-order valence-electron chi connectivity index (χ3n) is 4.19. The molecule has 2 N–H and O–H groups in total. The maximum absolute atomic E-state index is 12.7. The van der Waals surface area contributed by atoms with Crippen LogP contribution < -0.4 is 11.4 Å². The summed E-state index contributed by atoms with van der Waals surface area (Å²) >= 11 is 0. The van der Waals surface area contributed by atoms with Gasteiger partial charge in [0.15, 0.2) is 0 Å². The van der Waals surface area contributed by atoms with Crippen molar-refractivity contribution in [2.24, 2.45) is 5.73 Å². The first-order valence-corrected chi connectivity index (χ1v) is 8.77. The van der Waals surface area contributed by atoms with Crippen LogP contribution in [0.3, 0.4) is 0 Å². The minimum Gasteiger partial charge on any atom is -0.327 e. The standard InChI is InChI=1S/C20H17F4N5O.ClH/c21-10-15(11-25)12-29-19(30)28(13-26-29)18-3-1-2-17(27-18)9-6-14-4-7-16(8-5-14)20(22,23)24;/h1-10,13H,11-12,25H2;1H/b9-6+,15-10+;. The van der Waals surface area contributed by atoms with E-state index < -0.39 is 17.4 Å². The highest BCUT2D eigenvalue weighted by Crippen LogP contribution is 2.29. The predicted molar refractivity (Wildman–Crippen MR) is 111 cm³/mol. The molecule has 0 saturated heterocycles. The fraction of sp³-hybridized carbons (Fsp3) is 0.150. The van der Waals surface area contributed by atoms with Crippen molar-refractivity contribution in [2.75, 3.05) is 6.54 Å². The van der Waals surface area contributed by atoms with Crippen molar-refractivity contribution >= 4 is 24.6 Å². The van der Waals surface area contributed by atoms with Gasteiger partial charge in [-0.2, -0.15) is 18.3 Å². The highest BCUT2D eigenvalue weighted by molar-refractivity contribution is 5.85. The van der Waals surface area contributed by atoms with Crippen molar-refractivity contribution in [3.63, 3.8) is 0 Å². The first-order chi connectivity index (χ1) is 14.3. The summed E-state index contributed by atoms with van der Waals surface area (Å²) in [6, 6.07) is 9.65. The Hall–Kier alpha value is -3.24. The Bertz CT molecular complexity index is 1130. The van der Waals surface area contributed by atoms with Crippen molar-refractivity contribution in [1.82, 2.24) is 19.3 Å². The molecule has 0 aliphatic heterocycles. The lowest BCUT2D eigenvalue weighted by atomic mass is 10.1. The van der Waals surface area contributed by atoms with Crippen molar-refractivity contribution in [2.45, 2.75) is 12.7 Å². The molecule has 0 unspecified atom stereocenters. The number of hydrogen-bond acceptors (Lipinski definition) is 4. The number of hydrogen-bond donors (Lipinski definition) is 1. The Labute approximate surface area is 180 Å².